The van der Waals surface area contributed by atoms with Gasteiger partial charge in [0.1, 0.15) is 16.2 Å². The van der Waals surface area contributed by atoms with Gasteiger partial charge in [0.15, 0.2) is 9.84 Å². The van der Waals surface area contributed by atoms with Crippen molar-refractivity contribution in [3.05, 3.63) is 57.4 Å². The summed E-state index contributed by atoms with van der Waals surface area (Å²) < 4.78 is 52.7. The van der Waals surface area contributed by atoms with Crippen molar-refractivity contribution in [1.82, 2.24) is 0 Å². The van der Waals surface area contributed by atoms with Gasteiger partial charge < -0.3 is 9.47 Å². The molecule has 1 heterocycles. The van der Waals surface area contributed by atoms with Crippen LogP contribution in [0.5, 0.6) is 0 Å². The van der Waals surface area contributed by atoms with Crippen molar-refractivity contribution in [2.45, 2.75) is 55.8 Å². The molecule has 194 valence electrons. The molecule has 4 rings (SSSR count). The highest BCUT2D eigenvalue weighted by atomic mass is 127. The summed E-state index contributed by atoms with van der Waals surface area (Å²) in [6, 6.07) is 9.99. The lowest BCUT2D eigenvalue weighted by Crippen LogP contribution is -2.54. The van der Waals surface area contributed by atoms with Gasteiger partial charge in [0.2, 0.25) is 0 Å². The van der Waals surface area contributed by atoms with Gasteiger partial charge in [-0.2, -0.15) is 0 Å². The van der Waals surface area contributed by atoms with Gasteiger partial charge in [-0.15, -0.1) is 0 Å². The number of rotatable bonds is 4. The maximum Gasteiger partial charge on any atom is 0.414 e. The first-order valence-corrected chi connectivity index (χ1v) is 14.4. The highest BCUT2D eigenvalue weighted by Gasteiger charge is 2.64. The summed E-state index contributed by atoms with van der Waals surface area (Å²) in [6.45, 7) is 7.08. The largest absolute Gasteiger partial charge is 0.466 e. The molecule has 7 nitrogen and oxygen atoms in total. The summed E-state index contributed by atoms with van der Waals surface area (Å²) in [4.78, 5) is 27.8. The summed E-state index contributed by atoms with van der Waals surface area (Å²) in [5.41, 5.74) is 0.0909. The number of halogens is 2. The highest BCUT2D eigenvalue weighted by Crippen LogP contribution is 2.59. The number of esters is 1. The minimum Gasteiger partial charge on any atom is -0.466 e. The normalized spacial score (nSPS) is 23.6. The Bertz CT molecular complexity index is 1290. The van der Waals surface area contributed by atoms with E-state index in [2.05, 4.69) is 22.6 Å². The van der Waals surface area contributed by atoms with Crippen LogP contribution in [0.15, 0.2) is 47.4 Å². The number of hydrogen-bond acceptors (Lipinski definition) is 6. The molecule has 0 saturated heterocycles. The number of nitrogens with zero attached hydrogens (tertiary/aromatic N) is 1. The maximum absolute atomic E-state index is 14.4. The van der Waals surface area contributed by atoms with Crippen LogP contribution in [0.2, 0.25) is 0 Å². The Morgan fingerprint density at radius 2 is 1.83 bits per heavy atom. The van der Waals surface area contributed by atoms with E-state index in [4.69, 9.17) is 9.47 Å². The molecule has 10 heteroatoms. The lowest BCUT2D eigenvalue weighted by atomic mass is 9.79. The average molecular weight is 629 g/mol. The summed E-state index contributed by atoms with van der Waals surface area (Å²) in [7, 11) is -4.12. The molecule has 1 fully saturated rings. The number of ether oxygens (including phenoxy) is 2. The molecular formula is C26H29FINO6S. The number of sulfone groups is 1. The molecule has 3 atom stereocenters. The first-order valence-electron chi connectivity index (χ1n) is 11.8. The SMILES string of the molecule is CCOC(=O)[C@@H]1CC[C@@]2(S(=O)(=O)c3ccc(F)cc3)c3ccc(I)cc3N(C(=O)OC(C)(C)C)C[C@@H]12. The summed E-state index contributed by atoms with van der Waals surface area (Å²) >= 11 is 2.11. The fourth-order valence-electron chi connectivity index (χ4n) is 5.40. The third kappa shape index (κ3) is 4.51. The van der Waals surface area contributed by atoms with E-state index in [0.717, 1.165) is 15.7 Å². The van der Waals surface area contributed by atoms with Gasteiger partial charge in [-0.05, 0) is 105 Å². The molecule has 0 radical (unpaired) electrons. The Kier molecular flexibility index (Phi) is 7.15. The van der Waals surface area contributed by atoms with Gasteiger partial charge in [0.05, 0.1) is 23.1 Å². The highest BCUT2D eigenvalue weighted by molar-refractivity contribution is 14.1. The molecule has 36 heavy (non-hydrogen) atoms. The van der Waals surface area contributed by atoms with Gasteiger partial charge in [0, 0.05) is 16.0 Å². The van der Waals surface area contributed by atoms with Crippen LogP contribution in [0.25, 0.3) is 0 Å². The van der Waals surface area contributed by atoms with Crippen LogP contribution in [-0.4, -0.2) is 39.2 Å². The van der Waals surface area contributed by atoms with Gasteiger partial charge in [0.25, 0.3) is 0 Å². The molecule has 2 aromatic carbocycles. The Morgan fingerprint density at radius 1 is 1.17 bits per heavy atom. The number of benzene rings is 2. The summed E-state index contributed by atoms with van der Waals surface area (Å²) in [6.07, 6.45) is -0.179. The molecule has 0 bridgehead atoms. The van der Waals surface area contributed by atoms with E-state index >= 15 is 0 Å². The van der Waals surface area contributed by atoms with Gasteiger partial charge >= 0.3 is 12.1 Å². The average Bonchev–Trinajstić information content (AvgIpc) is 3.19. The van der Waals surface area contributed by atoms with E-state index < -0.39 is 49.9 Å². The van der Waals surface area contributed by atoms with Crippen LogP contribution in [0, 0.1) is 21.2 Å². The zero-order chi connectivity index (χ0) is 26.5. The van der Waals surface area contributed by atoms with Crippen molar-refractivity contribution in [1.29, 1.82) is 0 Å². The Balaban J connectivity index is 1.96. The summed E-state index contributed by atoms with van der Waals surface area (Å²) in [5.74, 6) is -2.56. The van der Waals surface area contributed by atoms with Crippen LogP contribution in [0.4, 0.5) is 14.9 Å². The molecule has 2 aromatic rings. The third-order valence-electron chi connectivity index (χ3n) is 6.80. The number of carbonyl (C=O) groups is 2. The van der Waals surface area contributed by atoms with Crippen LogP contribution < -0.4 is 4.90 Å². The first-order chi connectivity index (χ1) is 16.8. The zero-order valence-electron chi connectivity index (χ0n) is 20.6. The van der Waals surface area contributed by atoms with E-state index in [9.17, 15) is 22.4 Å². The number of amides is 1. The van der Waals surface area contributed by atoms with E-state index in [1.807, 2.05) is 0 Å². The molecule has 0 unspecified atom stereocenters. The molecule has 0 spiro atoms. The lowest BCUT2D eigenvalue weighted by molar-refractivity contribution is -0.149. The summed E-state index contributed by atoms with van der Waals surface area (Å²) in [5, 5.41) is 0. The van der Waals surface area contributed by atoms with Gasteiger partial charge in [-0.1, -0.05) is 6.07 Å². The molecule has 1 amide bonds. The molecule has 2 aliphatic rings. The monoisotopic (exact) mass is 629 g/mol. The first kappa shape index (κ1) is 26.8. The van der Waals surface area contributed by atoms with Crippen molar-refractivity contribution in [2.75, 3.05) is 18.1 Å². The predicted molar refractivity (Wildman–Crippen MR) is 141 cm³/mol. The fraction of sp³-hybridized carbons (Fsp3) is 0.462. The number of hydrogen-bond donors (Lipinski definition) is 0. The van der Waals surface area contributed by atoms with E-state index in [0.29, 0.717) is 11.3 Å². The van der Waals surface area contributed by atoms with Crippen molar-refractivity contribution >= 4 is 50.2 Å². The van der Waals surface area contributed by atoms with E-state index in [1.165, 1.54) is 17.0 Å². The number of carbonyl (C=O) groups excluding carboxylic acids is 2. The number of anilines is 1. The predicted octanol–water partition coefficient (Wildman–Crippen LogP) is 5.44. The van der Waals surface area contributed by atoms with Crippen LogP contribution in [0.3, 0.4) is 0 Å². The minimum absolute atomic E-state index is 0.0337. The second kappa shape index (κ2) is 9.59. The smallest absolute Gasteiger partial charge is 0.414 e. The van der Waals surface area contributed by atoms with Crippen LogP contribution in [-0.2, 0) is 28.9 Å². The quantitative estimate of drug-likeness (QED) is 0.254. The Hall–Kier alpha value is -2.21. The molecular weight excluding hydrogens is 600 g/mol. The van der Waals surface area contributed by atoms with Crippen molar-refractivity contribution in [2.24, 2.45) is 11.8 Å². The minimum atomic E-state index is -4.12. The molecule has 1 aliphatic carbocycles. The zero-order valence-corrected chi connectivity index (χ0v) is 23.6. The fourth-order valence-corrected chi connectivity index (χ4v) is 8.27. The van der Waals surface area contributed by atoms with Crippen molar-refractivity contribution < 1.29 is 31.9 Å². The third-order valence-corrected chi connectivity index (χ3v) is 10.1. The Morgan fingerprint density at radius 3 is 2.44 bits per heavy atom. The van der Waals surface area contributed by atoms with E-state index in [-0.39, 0.29) is 30.9 Å². The Labute approximate surface area is 224 Å². The topological polar surface area (TPSA) is 90.0 Å². The van der Waals surface area contributed by atoms with Gasteiger partial charge in [-0.3, -0.25) is 9.69 Å². The van der Waals surface area contributed by atoms with Crippen molar-refractivity contribution in [3.63, 3.8) is 0 Å². The van der Waals surface area contributed by atoms with Crippen LogP contribution >= 0.6 is 22.6 Å². The van der Waals surface area contributed by atoms with Gasteiger partial charge in [-0.25, -0.2) is 17.6 Å². The molecule has 1 saturated carbocycles. The second-order valence-corrected chi connectivity index (χ2v) is 13.6. The van der Waals surface area contributed by atoms with Crippen molar-refractivity contribution in [3.8, 4) is 0 Å². The number of fused-ring (bicyclic) bond motifs is 3. The van der Waals surface area contributed by atoms with E-state index in [1.54, 1.807) is 45.9 Å². The molecule has 1 aliphatic heterocycles. The standard InChI is InChI=1S/C26H29FINO6S/c1-5-34-23(30)19-12-13-26(36(32,33)18-9-6-16(27)7-10-18)20-11-8-17(28)14-22(20)29(15-21(19)26)24(31)35-25(2,3)4/h6-11,14,19,21H,5,12-13,15H2,1-4H3/t19-,21+,26-/m1/s1. The van der Waals surface area contributed by atoms with Crippen LogP contribution in [0.1, 0.15) is 46.1 Å². The second-order valence-electron chi connectivity index (χ2n) is 10.1. The lowest BCUT2D eigenvalue weighted by Gasteiger charge is -2.46. The molecule has 0 aromatic heterocycles. The molecule has 0 N–H and O–H groups in total. The maximum atomic E-state index is 14.4.